The number of hydrogen-bond acceptors (Lipinski definition) is 10. The molecule has 0 bridgehead atoms. The zero-order valence-corrected chi connectivity index (χ0v) is 23.7. The normalized spacial score (nSPS) is 20.8. The van der Waals surface area contributed by atoms with Crippen LogP contribution in [0.5, 0.6) is 0 Å². The molecule has 4 unspecified atom stereocenters. The first-order chi connectivity index (χ1) is 18.5. The van der Waals surface area contributed by atoms with E-state index in [9.17, 15) is 28.8 Å². The lowest BCUT2D eigenvalue weighted by molar-refractivity contribution is -0.152. The van der Waals surface area contributed by atoms with Crippen LogP contribution < -0.4 is 5.32 Å². The van der Waals surface area contributed by atoms with Crippen LogP contribution in [0.1, 0.15) is 45.4 Å². The average molecular weight is 554 g/mol. The summed E-state index contributed by atoms with van der Waals surface area (Å²) in [6, 6.07) is -2.85. The van der Waals surface area contributed by atoms with Crippen LogP contribution in [0.3, 0.4) is 0 Å². The minimum atomic E-state index is -1.02. The zero-order chi connectivity index (χ0) is 29.1. The lowest BCUT2D eigenvalue weighted by atomic mass is 10.1. The van der Waals surface area contributed by atoms with Gasteiger partial charge in [-0.1, -0.05) is 0 Å². The summed E-state index contributed by atoms with van der Waals surface area (Å²) >= 11 is 0. The van der Waals surface area contributed by atoms with Crippen LogP contribution >= 0.6 is 0 Å². The van der Waals surface area contributed by atoms with E-state index < -0.39 is 35.9 Å². The van der Waals surface area contributed by atoms with Gasteiger partial charge in [-0.25, -0.2) is 0 Å². The molecule has 0 aromatic carbocycles. The Balaban J connectivity index is 1.99. The van der Waals surface area contributed by atoms with Crippen LogP contribution in [0.2, 0.25) is 0 Å². The van der Waals surface area contributed by atoms with Gasteiger partial charge in [-0.2, -0.15) is 0 Å². The van der Waals surface area contributed by atoms with E-state index >= 15 is 0 Å². The lowest BCUT2D eigenvalue weighted by Crippen LogP contribution is -2.55. The number of ether oxygens (including phenoxy) is 2. The third-order valence-corrected chi connectivity index (χ3v) is 7.00. The monoisotopic (exact) mass is 553 g/mol. The Hall–Kier alpha value is -3.06. The van der Waals surface area contributed by atoms with Crippen LogP contribution in [0, 0.1) is 0 Å². The number of amides is 3. The van der Waals surface area contributed by atoms with Gasteiger partial charge >= 0.3 is 11.9 Å². The molecule has 2 saturated heterocycles. The Morgan fingerprint density at radius 1 is 1.00 bits per heavy atom. The zero-order valence-electron chi connectivity index (χ0n) is 23.7. The fraction of sp³-hybridized carbons (Fsp3) is 0.769. The fourth-order valence-electron chi connectivity index (χ4n) is 4.84. The van der Waals surface area contributed by atoms with E-state index in [0.29, 0.717) is 25.7 Å². The van der Waals surface area contributed by atoms with Gasteiger partial charge in [0, 0.05) is 20.0 Å². The van der Waals surface area contributed by atoms with Crippen molar-refractivity contribution in [3.8, 4) is 0 Å². The molecule has 2 aliphatic rings. The summed E-state index contributed by atoms with van der Waals surface area (Å²) in [6.07, 6.45) is 3.24. The number of carbonyl (C=O) groups excluding carboxylic acids is 6. The summed E-state index contributed by atoms with van der Waals surface area (Å²) < 4.78 is 10.5. The molecule has 0 radical (unpaired) electrons. The van der Waals surface area contributed by atoms with Crippen LogP contribution in [0.25, 0.3) is 0 Å². The molecule has 2 fully saturated rings. The Morgan fingerprint density at radius 2 is 1.67 bits per heavy atom. The van der Waals surface area contributed by atoms with Gasteiger partial charge in [0.05, 0.1) is 25.6 Å². The highest BCUT2D eigenvalue weighted by atomic mass is 16.5. The van der Waals surface area contributed by atoms with Gasteiger partial charge in [0.15, 0.2) is 0 Å². The fourth-order valence-corrected chi connectivity index (χ4v) is 4.84. The average Bonchev–Trinajstić information content (AvgIpc) is 3.54. The number of likely N-dealkylation sites (N-methyl/N-ethyl adjacent to an activating group) is 3. The van der Waals surface area contributed by atoms with Crippen LogP contribution in [0.15, 0.2) is 0 Å². The largest absolute Gasteiger partial charge is 0.465 e. The van der Waals surface area contributed by atoms with Crippen molar-refractivity contribution < 1.29 is 38.2 Å². The number of rotatable bonds is 14. The van der Waals surface area contributed by atoms with Gasteiger partial charge in [-0.3, -0.25) is 33.8 Å². The molecule has 13 nitrogen and oxygen atoms in total. The second kappa shape index (κ2) is 15.5. The van der Waals surface area contributed by atoms with Gasteiger partial charge in [-0.05, 0) is 60.3 Å². The highest BCUT2D eigenvalue weighted by Crippen LogP contribution is 2.22. The molecule has 0 spiro atoms. The quantitative estimate of drug-likeness (QED) is 0.211. The lowest BCUT2D eigenvalue weighted by Gasteiger charge is -2.33. The molecule has 2 heterocycles. The Bertz CT molecular complexity index is 898. The highest BCUT2D eigenvalue weighted by molar-refractivity contribution is 5.93. The molecular formula is C26H43N5O8. The molecule has 0 aromatic rings. The minimum Gasteiger partial charge on any atom is -0.465 e. The summed E-state index contributed by atoms with van der Waals surface area (Å²) in [6.45, 7) is 2.61. The summed E-state index contributed by atoms with van der Waals surface area (Å²) in [4.78, 5) is 80.9. The summed E-state index contributed by atoms with van der Waals surface area (Å²) in [5.41, 5.74) is 0. The molecule has 39 heavy (non-hydrogen) atoms. The summed E-state index contributed by atoms with van der Waals surface area (Å²) in [5, 5.41) is 2.54. The number of aldehydes is 1. The molecule has 220 valence electrons. The van der Waals surface area contributed by atoms with E-state index in [1.807, 2.05) is 11.9 Å². The topological polar surface area (TPSA) is 146 Å². The third kappa shape index (κ3) is 9.57. The highest BCUT2D eigenvalue weighted by Gasteiger charge is 2.39. The Labute approximate surface area is 230 Å². The molecule has 3 amide bonds. The maximum Gasteiger partial charge on any atom is 0.323 e. The molecular weight excluding hydrogens is 510 g/mol. The molecule has 1 N–H and O–H groups in total. The van der Waals surface area contributed by atoms with Crippen molar-refractivity contribution in [2.75, 3.05) is 61.0 Å². The number of likely N-dealkylation sites (tertiary alicyclic amines) is 2. The predicted molar refractivity (Wildman–Crippen MR) is 140 cm³/mol. The van der Waals surface area contributed by atoms with Crippen molar-refractivity contribution in [2.24, 2.45) is 0 Å². The summed E-state index contributed by atoms with van der Waals surface area (Å²) in [7, 11) is 6.76. The van der Waals surface area contributed by atoms with Crippen molar-refractivity contribution >= 4 is 35.9 Å². The van der Waals surface area contributed by atoms with E-state index in [0.717, 1.165) is 19.4 Å². The van der Waals surface area contributed by atoms with Gasteiger partial charge in [-0.15, -0.1) is 0 Å². The van der Waals surface area contributed by atoms with Crippen molar-refractivity contribution in [2.45, 2.75) is 69.6 Å². The Morgan fingerprint density at radius 3 is 2.28 bits per heavy atom. The Kier molecular flexibility index (Phi) is 12.8. The molecule has 0 aliphatic carbocycles. The number of carbonyl (C=O) groups is 6. The van der Waals surface area contributed by atoms with Crippen molar-refractivity contribution in [3.63, 3.8) is 0 Å². The standard InChI is InChI=1S/C26H43N5O8/c1-18(17-32)27-24(35)19(10-14-38-23(34)16-28(2)3)30(5)25(36)20-8-7-13-31(20)22(33)11-15-39-26(37)21-9-6-12-29(21)4/h17-21H,6-16H2,1-5H3,(H,27,35). The first kappa shape index (κ1) is 32.2. The molecule has 2 rings (SSSR count). The number of hydrogen-bond donors (Lipinski definition) is 1. The molecule has 0 saturated carbocycles. The molecule has 4 atom stereocenters. The predicted octanol–water partition coefficient (Wildman–Crippen LogP) is -0.970. The second-order valence-electron chi connectivity index (χ2n) is 10.4. The number of nitrogens with one attached hydrogen (secondary N) is 1. The third-order valence-electron chi connectivity index (χ3n) is 7.00. The van der Waals surface area contributed by atoms with E-state index in [-0.39, 0.29) is 50.5 Å². The van der Waals surface area contributed by atoms with Gasteiger partial charge in [0.2, 0.25) is 17.7 Å². The van der Waals surface area contributed by atoms with Crippen molar-refractivity contribution in [3.05, 3.63) is 0 Å². The first-order valence-corrected chi connectivity index (χ1v) is 13.4. The van der Waals surface area contributed by atoms with Gasteiger partial charge < -0.3 is 29.4 Å². The van der Waals surface area contributed by atoms with E-state index in [1.165, 1.54) is 23.8 Å². The van der Waals surface area contributed by atoms with Gasteiger partial charge in [0.25, 0.3) is 0 Å². The molecule has 0 aromatic heterocycles. The van der Waals surface area contributed by atoms with E-state index in [1.54, 1.807) is 19.0 Å². The smallest absolute Gasteiger partial charge is 0.323 e. The summed E-state index contributed by atoms with van der Waals surface area (Å²) in [5.74, 6) is -2.11. The maximum atomic E-state index is 13.5. The van der Waals surface area contributed by atoms with Crippen LogP contribution in [0.4, 0.5) is 0 Å². The SMILES string of the molecule is CC(C=O)NC(=O)C(CCOC(=O)CN(C)C)N(C)C(=O)C1CCCN1C(=O)CCOC(=O)C1CCCN1C. The van der Waals surface area contributed by atoms with Gasteiger partial charge in [0.1, 0.15) is 31.0 Å². The van der Waals surface area contributed by atoms with Crippen LogP contribution in [-0.2, 0) is 38.2 Å². The van der Waals surface area contributed by atoms with E-state index in [2.05, 4.69) is 5.32 Å². The van der Waals surface area contributed by atoms with E-state index in [4.69, 9.17) is 9.47 Å². The second-order valence-corrected chi connectivity index (χ2v) is 10.4. The van der Waals surface area contributed by atoms with Crippen molar-refractivity contribution in [1.82, 2.24) is 24.9 Å². The molecule has 2 aliphatic heterocycles. The molecule has 13 heteroatoms. The number of esters is 2. The minimum absolute atomic E-state index is 0.0189. The van der Waals surface area contributed by atoms with Crippen molar-refractivity contribution in [1.29, 1.82) is 0 Å². The first-order valence-electron chi connectivity index (χ1n) is 13.4. The maximum absolute atomic E-state index is 13.5. The number of nitrogens with zero attached hydrogens (tertiary/aromatic N) is 4. The van der Waals surface area contributed by atoms with Crippen LogP contribution in [-0.4, -0.2) is 141 Å².